The number of non-ortho nitro benzene ring substituents is 1. The van der Waals surface area contributed by atoms with Crippen LogP contribution in [0.1, 0.15) is 36.0 Å². The van der Waals surface area contributed by atoms with Crippen LogP contribution >= 0.6 is 0 Å². The molecule has 0 aliphatic carbocycles. The average Bonchev–Trinajstić information content (AvgIpc) is 2.94. The van der Waals surface area contributed by atoms with Crippen molar-refractivity contribution in [3.05, 3.63) is 112 Å². The molecule has 0 saturated carbocycles. The van der Waals surface area contributed by atoms with Crippen LogP contribution in [0.4, 0.5) is 5.69 Å². The van der Waals surface area contributed by atoms with Crippen LogP contribution < -0.4 is 5.32 Å². The SMILES string of the molecule is COC(=O)C[C@H](c1ccc([N+](=O)[O-])cc1)[C@H](NC(=O)C(C)(c1ccccc1)c1ccccc1)C(=O)OC. The Kier molecular flexibility index (Phi) is 8.73. The van der Waals surface area contributed by atoms with Gasteiger partial charge in [-0.3, -0.25) is 19.7 Å². The molecule has 0 heterocycles. The van der Waals surface area contributed by atoms with Gasteiger partial charge in [0.2, 0.25) is 5.91 Å². The highest BCUT2D eigenvalue weighted by Crippen LogP contribution is 2.34. The van der Waals surface area contributed by atoms with Crippen molar-refractivity contribution in [3.63, 3.8) is 0 Å². The second-order valence-electron chi connectivity index (χ2n) is 8.57. The smallest absolute Gasteiger partial charge is 0.329 e. The summed E-state index contributed by atoms with van der Waals surface area (Å²) in [5.74, 6) is -2.80. The fourth-order valence-corrected chi connectivity index (χ4v) is 4.24. The summed E-state index contributed by atoms with van der Waals surface area (Å²) < 4.78 is 9.83. The van der Waals surface area contributed by atoms with Gasteiger partial charge in [0, 0.05) is 18.1 Å². The second kappa shape index (κ2) is 11.9. The van der Waals surface area contributed by atoms with Gasteiger partial charge in [0.1, 0.15) is 6.04 Å². The van der Waals surface area contributed by atoms with E-state index in [-0.39, 0.29) is 12.1 Å². The molecule has 3 aromatic rings. The van der Waals surface area contributed by atoms with Crippen molar-refractivity contribution in [2.45, 2.75) is 30.7 Å². The van der Waals surface area contributed by atoms with E-state index >= 15 is 0 Å². The largest absolute Gasteiger partial charge is 0.469 e. The third-order valence-corrected chi connectivity index (χ3v) is 6.45. The van der Waals surface area contributed by atoms with Gasteiger partial charge in [-0.25, -0.2) is 4.79 Å². The number of rotatable bonds is 10. The molecule has 0 radical (unpaired) electrons. The zero-order valence-electron chi connectivity index (χ0n) is 20.7. The van der Waals surface area contributed by atoms with Crippen LogP contribution in [0.3, 0.4) is 0 Å². The maximum Gasteiger partial charge on any atom is 0.329 e. The van der Waals surface area contributed by atoms with Gasteiger partial charge in [-0.15, -0.1) is 0 Å². The molecular formula is C28H28N2O7. The van der Waals surface area contributed by atoms with Gasteiger partial charge in [0.25, 0.3) is 5.69 Å². The van der Waals surface area contributed by atoms with Crippen LogP contribution in [0.2, 0.25) is 0 Å². The highest BCUT2D eigenvalue weighted by atomic mass is 16.6. The Morgan fingerprint density at radius 2 is 1.38 bits per heavy atom. The summed E-state index contributed by atoms with van der Waals surface area (Å²) in [7, 11) is 2.39. The number of nitrogens with one attached hydrogen (secondary N) is 1. The van der Waals surface area contributed by atoms with Crippen LogP contribution in [0.5, 0.6) is 0 Å². The Hall–Kier alpha value is -4.53. The van der Waals surface area contributed by atoms with Gasteiger partial charge in [-0.05, 0) is 23.6 Å². The minimum Gasteiger partial charge on any atom is -0.469 e. The minimum atomic E-state index is -1.29. The summed E-state index contributed by atoms with van der Waals surface area (Å²) in [4.78, 5) is 49.9. The number of nitro benzene ring substituents is 1. The van der Waals surface area contributed by atoms with E-state index in [1.807, 2.05) is 60.7 Å². The van der Waals surface area contributed by atoms with Crippen LogP contribution in [0, 0.1) is 10.1 Å². The minimum absolute atomic E-state index is 0.153. The molecule has 0 unspecified atom stereocenters. The van der Waals surface area contributed by atoms with Gasteiger partial charge in [-0.2, -0.15) is 0 Å². The van der Waals surface area contributed by atoms with Gasteiger partial charge in [0.05, 0.1) is 31.0 Å². The van der Waals surface area contributed by atoms with Crippen molar-refractivity contribution in [2.75, 3.05) is 14.2 Å². The van der Waals surface area contributed by atoms with Crippen LogP contribution in [0.25, 0.3) is 0 Å². The summed E-state index contributed by atoms with van der Waals surface area (Å²) in [6.07, 6.45) is -0.276. The van der Waals surface area contributed by atoms with Crippen molar-refractivity contribution in [1.29, 1.82) is 0 Å². The van der Waals surface area contributed by atoms with Crippen LogP contribution in [-0.2, 0) is 29.3 Å². The van der Waals surface area contributed by atoms with E-state index in [1.54, 1.807) is 6.92 Å². The van der Waals surface area contributed by atoms with Crippen molar-refractivity contribution < 1.29 is 28.8 Å². The molecule has 0 aliphatic rings. The normalized spacial score (nSPS) is 12.6. The number of hydrogen-bond acceptors (Lipinski definition) is 7. The molecule has 0 bridgehead atoms. The first-order valence-corrected chi connectivity index (χ1v) is 11.5. The van der Waals surface area contributed by atoms with E-state index in [0.717, 1.165) is 0 Å². The zero-order chi connectivity index (χ0) is 27.0. The number of esters is 2. The van der Waals surface area contributed by atoms with Crippen molar-refractivity contribution in [1.82, 2.24) is 5.32 Å². The highest BCUT2D eigenvalue weighted by molar-refractivity contribution is 5.95. The van der Waals surface area contributed by atoms with Gasteiger partial charge in [-0.1, -0.05) is 72.8 Å². The summed E-state index contributed by atoms with van der Waals surface area (Å²) in [5.41, 5.74) is 0.470. The predicted octanol–water partition coefficient (Wildman–Crippen LogP) is 3.91. The third kappa shape index (κ3) is 6.00. The first-order valence-electron chi connectivity index (χ1n) is 11.5. The van der Waals surface area contributed by atoms with E-state index in [2.05, 4.69) is 5.32 Å². The van der Waals surface area contributed by atoms with E-state index in [0.29, 0.717) is 16.7 Å². The molecule has 0 spiro atoms. The molecule has 0 saturated heterocycles. The number of nitrogens with zero attached hydrogens (tertiary/aromatic N) is 1. The number of carbonyl (C=O) groups excluding carboxylic acids is 3. The Labute approximate surface area is 214 Å². The lowest BCUT2D eigenvalue weighted by molar-refractivity contribution is -0.384. The lowest BCUT2D eigenvalue weighted by Crippen LogP contribution is -2.52. The molecule has 37 heavy (non-hydrogen) atoms. The molecule has 192 valence electrons. The highest BCUT2D eigenvalue weighted by Gasteiger charge is 2.42. The first kappa shape index (κ1) is 27.1. The molecule has 1 amide bonds. The summed E-state index contributed by atoms with van der Waals surface area (Å²) >= 11 is 0. The number of nitro groups is 1. The number of hydrogen-bond donors (Lipinski definition) is 1. The molecule has 0 aliphatic heterocycles. The zero-order valence-corrected chi connectivity index (χ0v) is 20.7. The molecule has 2 atom stereocenters. The Morgan fingerprint density at radius 1 is 0.865 bits per heavy atom. The topological polar surface area (TPSA) is 125 Å². The van der Waals surface area contributed by atoms with Crippen LogP contribution in [-0.4, -0.2) is 43.0 Å². The lowest BCUT2D eigenvalue weighted by atomic mass is 9.75. The fraction of sp³-hybridized carbons (Fsp3) is 0.250. The molecular weight excluding hydrogens is 476 g/mol. The predicted molar refractivity (Wildman–Crippen MR) is 136 cm³/mol. The lowest BCUT2D eigenvalue weighted by Gasteiger charge is -2.33. The van der Waals surface area contributed by atoms with Crippen molar-refractivity contribution in [2.24, 2.45) is 0 Å². The molecule has 3 aromatic carbocycles. The molecule has 9 nitrogen and oxygen atoms in total. The molecule has 0 fully saturated rings. The molecule has 9 heteroatoms. The Balaban J connectivity index is 2.08. The molecule has 3 rings (SSSR count). The standard InChI is InChI=1S/C28H28N2O7/c1-28(20-10-6-4-7-11-20,21-12-8-5-9-13-21)27(33)29-25(26(32)37-3)23(18-24(31)36-2)19-14-16-22(17-15-19)30(34)35/h4-17,23,25H,18H2,1-3H3,(H,29,33)/t23-,25+/m1/s1. The number of ether oxygens (including phenoxy) is 2. The third-order valence-electron chi connectivity index (χ3n) is 6.45. The molecule has 1 N–H and O–H groups in total. The first-order chi connectivity index (χ1) is 17.7. The van der Waals surface area contributed by atoms with E-state index in [4.69, 9.17) is 9.47 Å². The van der Waals surface area contributed by atoms with Gasteiger partial charge < -0.3 is 14.8 Å². The maximum absolute atomic E-state index is 14.0. The monoisotopic (exact) mass is 504 g/mol. The summed E-state index contributed by atoms with van der Waals surface area (Å²) in [5, 5.41) is 13.9. The molecule has 0 aromatic heterocycles. The van der Waals surface area contributed by atoms with Crippen LogP contribution in [0.15, 0.2) is 84.9 Å². The quantitative estimate of drug-likeness (QED) is 0.252. The Bertz CT molecular complexity index is 1210. The van der Waals surface area contributed by atoms with Crippen molar-refractivity contribution >= 4 is 23.5 Å². The maximum atomic E-state index is 14.0. The number of carbonyl (C=O) groups is 3. The average molecular weight is 505 g/mol. The van der Waals surface area contributed by atoms with E-state index < -0.39 is 40.1 Å². The Morgan fingerprint density at radius 3 is 1.81 bits per heavy atom. The van der Waals surface area contributed by atoms with E-state index in [1.165, 1.54) is 38.5 Å². The van der Waals surface area contributed by atoms with E-state index in [9.17, 15) is 24.5 Å². The second-order valence-corrected chi connectivity index (χ2v) is 8.57. The van der Waals surface area contributed by atoms with Gasteiger partial charge in [0.15, 0.2) is 0 Å². The number of methoxy groups -OCH3 is 2. The summed E-state index contributed by atoms with van der Waals surface area (Å²) in [6.45, 7) is 1.75. The van der Waals surface area contributed by atoms with Gasteiger partial charge >= 0.3 is 11.9 Å². The number of benzene rings is 3. The summed E-state index contributed by atoms with van der Waals surface area (Å²) in [6, 6.07) is 22.4. The van der Waals surface area contributed by atoms with Crippen molar-refractivity contribution in [3.8, 4) is 0 Å². The fourth-order valence-electron chi connectivity index (χ4n) is 4.24. The number of amides is 1.